The van der Waals surface area contributed by atoms with Crippen LogP contribution in [0.15, 0.2) is 85.1 Å². The molecule has 6 N–H and O–H groups in total. The summed E-state index contributed by atoms with van der Waals surface area (Å²) in [4.78, 5) is 88.8. The fourth-order valence-electron chi connectivity index (χ4n) is 7.67. The van der Waals surface area contributed by atoms with Gasteiger partial charge >= 0.3 is 6.09 Å². The van der Waals surface area contributed by atoms with Crippen LogP contribution in [0.4, 0.5) is 4.79 Å². The normalized spacial score (nSPS) is 17.8. The molecule has 3 aromatic rings. The molecule has 64 heavy (non-hydrogen) atoms. The largest absolute Gasteiger partial charge is 0.444 e. The van der Waals surface area contributed by atoms with Crippen molar-refractivity contribution in [2.24, 2.45) is 11.8 Å². The van der Waals surface area contributed by atoms with Gasteiger partial charge in [0.2, 0.25) is 29.5 Å². The Balaban J connectivity index is 1.54. The molecule has 7 atom stereocenters. The zero-order valence-corrected chi connectivity index (χ0v) is 38.7. The number of likely N-dealkylation sites (tertiary alicyclic amines) is 1. The lowest BCUT2D eigenvalue weighted by Gasteiger charge is -2.36. The van der Waals surface area contributed by atoms with E-state index in [0.29, 0.717) is 37.9 Å². The topological polar surface area (TPSA) is 208 Å². The molecular weight excluding hydrogens is 815 g/mol. The van der Waals surface area contributed by atoms with Crippen molar-refractivity contribution in [3.63, 3.8) is 0 Å². The average Bonchev–Trinajstić information content (AvgIpc) is 3.66. The van der Waals surface area contributed by atoms with E-state index in [4.69, 9.17) is 4.74 Å². The van der Waals surface area contributed by atoms with Gasteiger partial charge in [0, 0.05) is 25.6 Å². The third-order valence-electron chi connectivity index (χ3n) is 11.5. The summed E-state index contributed by atoms with van der Waals surface area (Å²) in [7, 11) is 0. The summed E-state index contributed by atoms with van der Waals surface area (Å²) in [5.41, 5.74) is 0.0787. The minimum absolute atomic E-state index is 0.0157. The van der Waals surface area contributed by atoms with E-state index < -0.39 is 77.6 Å². The second-order valence-electron chi connectivity index (χ2n) is 18.5. The molecule has 2 heterocycles. The van der Waals surface area contributed by atoms with E-state index in [2.05, 4.69) is 31.6 Å². The summed E-state index contributed by atoms with van der Waals surface area (Å²) in [6.45, 7) is 15.0. The number of aliphatic hydroxyl groups excluding tert-OH is 1. The number of aromatic nitrogens is 1. The van der Waals surface area contributed by atoms with Crippen LogP contribution >= 0.6 is 0 Å². The van der Waals surface area contributed by atoms with E-state index in [-0.39, 0.29) is 37.1 Å². The number of amides is 6. The summed E-state index contributed by atoms with van der Waals surface area (Å²) in [5.74, 6) is -2.95. The number of nitrogens with one attached hydrogen (secondary N) is 5. The highest BCUT2D eigenvalue weighted by Gasteiger charge is 2.48. The number of carbonyl (C=O) groups excluding carboxylic acids is 6. The molecule has 0 unspecified atom stereocenters. The van der Waals surface area contributed by atoms with Gasteiger partial charge in [-0.05, 0) is 82.1 Å². The maximum atomic E-state index is 14.5. The van der Waals surface area contributed by atoms with Gasteiger partial charge in [-0.3, -0.25) is 33.9 Å². The van der Waals surface area contributed by atoms with Gasteiger partial charge in [0.25, 0.3) is 0 Å². The van der Waals surface area contributed by atoms with E-state index in [1.165, 1.54) is 4.90 Å². The highest BCUT2D eigenvalue weighted by molar-refractivity contribution is 5.96. The first-order valence-corrected chi connectivity index (χ1v) is 22.4. The Kier molecular flexibility index (Phi) is 18.8. The van der Waals surface area contributed by atoms with Gasteiger partial charge in [-0.15, -0.1) is 0 Å². The first-order valence-electron chi connectivity index (χ1n) is 22.4. The SMILES string of the molecule is CC[C@H](C)[C@H](NC(=O)C[C@H](O)[C@H](CC(C)C)NC(=O)[C@H](Cc1ccccc1)NC(=O)[C@H](Cc1ccccc1)NC(=O)[C@]1(C)CCCN1C(=O)OC(C)(C)C)C(=O)NCc1ccccn1. The molecule has 0 bridgehead atoms. The van der Waals surface area contributed by atoms with Crippen molar-refractivity contribution in [2.45, 2.75) is 148 Å². The van der Waals surface area contributed by atoms with Crippen LogP contribution in [0.1, 0.15) is 104 Å². The maximum Gasteiger partial charge on any atom is 0.411 e. The van der Waals surface area contributed by atoms with Gasteiger partial charge in [0.15, 0.2) is 0 Å². The molecule has 15 nitrogen and oxygen atoms in total. The second kappa shape index (κ2) is 23.7. The predicted octanol–water partition coefficient (Wildman–Crippen LogP) is 4.76. The lowest BCUT2D eigenvalue weighted by atomic mass is 9.94. The number of carbonyl (C=O) groups is 6. The lowest BCUT2D eigenvalue weighted by Crippen LogP contribution is -2.62. The molecule has 1 aromatic heterocycles. The molecule has 0 aliphatic carbocycles. The van der Waals surface area contributed by atoms with Gasteiger partial charge in [-0.1, -0.05) is 101 Å². The van der Waals surface area contributed by atoms with E-state index in [0.717, 1.165) is 11.1 Å². The fraction of sp³-hybridized carbons (Fsp3) is 0.531. The Labute approximate surface area is 378 Å². The van der Waals surface area contributed by atoms with Crippen molar-refractivity contribution >= 4 is 35.6 Å². The van der Waals surface area contributed by atoms with Crippen molar-refractivity contribution in [2.75, 3.05) is 6.54 Å². The maximum absolute atomic E-state index is 14.5. The van der Waals surface area contributed by atoms with Gasteiger partial charge in [0.05, 0.1) is 30.8 Å². The lowest BCUT2D eigenvalue weighted by molar-refractivity contribution is -0.136. The number of hydrogen-bond donors (Lipinski definition) is 6. The van der Waals surface area contributed by atoms with Crippen molar-refractivity contribution in [1.29, 1.82) is 0 Å². The molecule has 1 fully saturated rings. The molecule has 1 aliphatic heterocycles. The van der Waals surface area contributed by atoms with Gasteiger partial charge in [0.1, 0.15) is 29.3 Å². The highest BCUT2D eigenvalue weighted by Crippen LogP contribution is 2.31. The Morgan fingerprint density at radius 3 is 1.92 bits per heavy atom. The summed E-state index contributed by atoms with van der Waals surface area (Å²) in [5, 5.41) is 26.0. The molecule has 348 valence electrons. The van der Waals surface area contributed by atoms with E-state index in [1.54, 1.807) is 46.0 Å². The van der Waals surface area contributed by atoms with Crippen molar-refractivity contribution in [1.82, 2.24) is 36.5 Å². The van der Waals surface area contributed by atoms with E-state index in [9.17, 15) is 33.9 Å². The van der Waals surface area contributed by atoms with E-state index >= 15 is 0 Å². The van der Waals surface area contributed by atoms with Crippen LogP contribution < -0.4 is 26.6 Å². The number of ether oxygens (including phenoxy) is 1. The van der Waals surface area contributed by atoms with Crippen LogP contribution in [-0.4, -0.2) is 98.6 Å². The van der Waals surface area contributed by atoms with Gasteiger partial charge in [-0.25, -0.2) is 4.79 Å². The summed E-state index contributed by atoms with van der Waals surface area (Å²) in [6.07, 6.45) is 1.22. The second-order valence-corrected chi connectivity index (χ2v) is 18.5. The summed E-state index contributed by atoms with van der Waals surface area (Å²) in [6, 6.07) is 19.5. The molecule has 6 amide bonds. The number of rotatable bonds is 21. The minimum Gasteiger partial charge on any atom is -0.444 e. The molecule has 4 rings (SSSR count). The van der Waals surface area contributed by atoms with Gasteiger partial charge in [-0.2, -0.15) is 0 Å². The zero-order chi connectivity index (χ0) is 47.0. The van der Waals surface area contributed by atoms with Crippen molar-refractivity contribution in [3.05, 3.63) is 102 Å². The highest BCUT2D eigenvalue weighted by atomic mass is 16.6. The van der Waals surface area contributed by atoms with Crippen LogP contribution in [0.25, 0.3) is 0 Å². The Bertz CT molecular complexity index is 2000. The molecule has 0 radical (unpaired) electrons. The quantitative estimate of drug-likeness (QED) is 0.0871. The zero-order valence-electron chi connectivity index (χ0n) is 38.7. The number of pyridine rings is 1. The molecular formula is C49H69N7O8. The third kappa shape index (κ3) is 15.5. The number of aliphatic hydroxyl groups is 1. The van der Waals surface area contributed by atoms with Crippen LogP contribution in [0.3, 0.4) is 0 Å². The molecule has 1 aliphatic rings. The number of hydrogen-bond acceptors (Lipinski definition) is 9. The van der Waals surface area contributed by atoms with Crippen molar-refractivity contribution in [3.8, 4) is 0 Å². The molecule has 15 heteroatoms. The Morgan fingerprint density at radius 2 is 1.38 bits per heavy atom. The van der Waals surface area contributed by atoms with Crippen LogP contribution in [0, 0.1) is 11.8 Å². The number of benzene rings is 2. The average molecular weight is 884 g/mol. The van der Waals surface area contributed by atoms with Crippen LogP contribution in [0.2, 0.25) is 0 Å². The first kappa shape index (κ1) is 50.8. The summed E-state index contributed by atoms with van der Waals surface area (Å²) >= 11 is 0. The molecule has 0 saturated carbocycles. The van der Waals surface area contributed by atoms with Crippen molar-refractivity contribution < 1.29 is 38.6 Å². The van der Waals surface area contributed by atoms with Gasteiger partial charge < -0.3 is 36.4 Å². The fourth-order valence-corrected chi connectivity index (χ4v) is 7.67. The van der Waals surface area contributed by atoms with E-state index in [1.807, 2.05) is 94.4 Å². The minimum atomic E-state index is -1.35. The van der Waals surface area contributed by atoms with Crippen LogP contribution in [0.5, 0.6) is 0 Å². The predicted molar refractivity (Wildman–Crippen MR) is 244 cm³/mol. The smallest absolute Gasteiger partial charge is 0.411 e. The Morgan fingerprint density at radius 1 is 0.797 bits per heavy atom. The number of nitrogens with zero attached hydrogens (tertiary/aromatic N) is 2. The molecule has 2 aromatic carbocycles. The third-order valence-corrected chi connectivity index (χ3v) is 11.5. The standard InChI is InChI=1S/C49H69N7O8/c1-9-33(4)42(45(61)51-31-36-23-16-17-25-50-36)55-41(58)30-40(57)37(27-32(2)3)52-43(59)38(28-34-19-12-10-13-20-34)53-44(60)39(29-35-21-14-11-15-22-35)54-46(62)49(8)24-18-26-56(49)47(63)64-48(5,6)7/h10-17,19-23,25,32-33,37-40,42,57H,9,18,24,26-31H2,1-8H3,(H,51,61)(H,52,59)(H,53,60)(H,54,62)(H,55,58)/t33-,37-,38-,39-,40-,42-,49-/m0/s1. The molecule has 0 spiro atoms. The monoisotopic (exact) mass is 884 g/mol. The van der Waals surface area contributed by atoms with Crippen LogP contribution in [-0.2, 0) is 48.1 Å². The molecule has 1 saturated heterocycles. The summed E-state index contributed by atoms with van der Waals surface area (Å²) < 4.78 is 5.63. The first-order chi connectivity index (χ1) is 30.3. The Hall–Kier alpha value is -5.83.